The molecule has 0 spiro atoms. The first kappa shape index (κ1) is 14.3. The van der Waals surface area contributed by atoms with Crippen LogP contribution in [0.5, 0.6) is 0 Å². The zero-order chi connectivity index (χ0) is 15.7. The molecule has 0 aliphatic carbocycles. The first-order valence-corrected chi connectivity index (χ1v) is 7.20. The third-order valence-corrected chi connectivity index (χ3v) is 4.07. The Morgan fingerprint density at radius 1 is 1.27 bits per heavy atom. The Labute approximate surface area is 128 Å². The van der Waals surface area contributed by atoms with E-state index in [0.29, 0.717) is 18.5 Å². The molecule has 6 heteroatoms. The highest BCUT2D eigenvalue weighted by Crippen LogP contribution is 2.21. The van der Waals surface area contributed by atoms with Crippen molar-refractivity contribution in [2.24, 2.45) is 5.92 Å². The van der Waals surface area contributed by atoms with Gasteiger partial charge in [-0.05, 0) is 25.5 Å². The van der Waals surface area contributed by atoms with E-state index < -0.39 is 11.9 Å². The molecule has 2 heterocycles. The molecule has 1 aliphatic heterocycles. The third-order valence-electron chi connectivity index (χ3n) is 4.07. The number of aromatic nitrogens is 2. The number of benzene rings is 1. The van der Waals surface area contributed by atoms with Crippen LogP contribution in [-0.2, 0) is 4.79 Å². The van der Waals surface area contributed by atoms with E-state index >= 15 is 0 Å². The van der Waals surface area contributed by atoms with Crippen molar-refractivity contribution < 1.29 is 14.7 Å². The van der Waals surface area contributed by atoms with E-state index in [-0.39, 0.29) is 12.5 Å². The van der Waals surface area contributed by atoms with Gasteiger partial charge in [-0.2, -0.15) is 5.10 Å². The number of aliphatic carboxylic acids is 1. The van der Waals surface area contributed by atoms with Crippen molar-refractivity contribution in [2.45, 2.75) is 13.3 Å². The van der Waals surface area contributed by atoms with E-state index in [4.69, 9.17) is 5.11 Å². The number of rotatable bonds is 3. The van der Waals surface area contributed by atoms with Gasteiger partial charge >= 0.3 is 5.97 Å². The number of carboxylic acid groups (broad SMARTS) is 1. The van der Waals surface area contributed by atoms with Crippen LogP contribution in [0.1, 0.15) is 22.5 Å². The summed E-state index contributed by atoms with van der Waals surface area (Å²) in [6.07, 6.45) is 2.06. The second-order valence-corrected chi connectivity index (χ2v) is 5.47. The van der Waals surface area contributed by atoms with Crippen molar-refractivity contribution >= 4 is 11.9 Å². The van der Waals surface area contributed by atoms with Gasteiger partial charge < -0.3 is 10.0 Å². The lowest BCUT2D eigenvalue weighted by atomic mass is 10.1. The van der Waals surface area contributed by atoms with E-state index in [0.717, 1.165) is 11.4 Å². The van der Waals surface area contributed by atoms with Crippen molar-refractivity contribution in [1.82, 2.24) is 14.7 Å². The maximum absolute atomic E-state index is 12.6. The van der Waals surface area contributed by atoms with Crippen molar-refractivity contribution in [3.63, 3.8) is 0 Å². The van der Waals surface area contributed by atoms with Crippen LogP contribution in [0.15, 0.2) is 36.5 Å². The maximum Gasteiger partial charge on any atom is 0.308 e. The second kappa shape index (κ2) is 5.63. The molecule has 0 bridgehead atoms. The summed E-state index contributed by atoms with van der Waals surface area (Å²) in [7, 11) is 0. The van der Waals surface area contributed by atoms with Crippen molar-refractivity contribution in [1.29, 1.82) is 0 Å². The molecule has 1 N–H and O–H groups in total. The highest BCUT2D eigenvalue weighted by Gasteiger charge is 2.32. The predicted molar refractivity (Wildman–Crippen MR) is 79.9 cm³/mol. The van der Waals surface area contributed by atoms with Gasteiger partial charge in [0.15, 0.2) is 0 Å². The maximum atomic E-state index is 12.6. The Hall–Kier alpha value is -2.63. The van der Waals surface area contributed by atoms with E-state index in [1.54, 1.807) is 15.8 Å². The molecule has 1 aromatic heterocycles. The van der Waals surface area contributed by atoms with Gasteiger partial charge in [-0.15, -0.1) is 0 Å². The number of carboxylic acids is 1. The van der Waals surface area contributed by atoms with Crippen LogP contribution in [0.2, 0.25) is 0 Å². The summed E-state index contributed by atoms with van der Waals surface area (Å²) in [4.78, 5) is 25.2. The van der Waals surface area contributed by atoms with Crippen molar-refractivity contribution in [3.05, 3.63) is 47.8 Å². The summed E-state index contributed by atoms with van der Waals surface area (Å²) in [5, 5.41) is 13.3. The minimum Gasteiger partial charge on any atom is -0.481 e. The number of amides is 1. The lowest BCUT2D eigenvalue weighted by Crippen LogP contribution is -2.30. The van der Waals surface area contributed by atoms with Crippen molar-refractivity contribution in [3.8, 4) is 5.69 Å². The number of carbonyl (C=O) groups excluding carboxylic acids is 1. The molecule has 1 aromatic carbocycles. The minimum atomic E-state index is -0.841. The largest absolute Gasteiger partial charge is 0.481 e. The summed E-state index contributed by atoms with van der Waals surface area (Å²) in [6.45, 7) is 2.59. The van der Waals surface area contributed by atoms with E-state index in [9.17, 15) is 9.59 Å². The summed E-state index contributed by atoms with van der Waals surface area (Å²) < 4.78 is 1.72. The average Bonchev–Trinajstić information content (AvgIpc) is 3.14. The molecule has 6 nitrogen and oxygen atoms in total. The van der Waals surface area contributed by atoms with Crippen LogP contribution in [-0.4, -0.2) is 44.8 Å². The zero-order valence-electron chi connectivity index (χ0n) is 12.3. The highest BCUT2D eigenvalue weighted by molar-refractivity contribution is 5.95. The molecule has 1 amide bonds. The lowest BCUT2D eigenvalue weighted by Gasteiger charge is -2.15. The average molecular weight is 299 g/mol. The molecule has 114 valence electrons. The van der Waals surface area contributed by atoms with E-state index in [1.807, 2.05) is 37.3 Å². The van der Waals surface area contributed by atoms with Crippen LogP contribution >= 0.6 is 0 Å². The van der Waals surface area contributed by atoms with Crippen LogP contribution < -0.4 is 0 Å². The highest BCUT2D eigenvalue weighted by atomic mass is 16.4. The van der Waals surface area contributed by atoms with Crippen LogP contribution in [0.4, 0.5) is 0 Å². The Balaban J connectivity index is 1.83. The molecule has 0 radical (unpaired) electrons. The number of para-hydroxylation sites is 1. The molecular formula is C16H17N3O3. The summed E-state index contributed by atoms with van der Waals surface area (Å²) in [5.41, 5.74) is 2.17. The molecule has 1 aliphatic rings. The Morgan fingerprint density at radius 3 is 2.64 bits per heavy atom. The number of nitrogens with zero attached hydrogens (tertiary/aromatic N) is 3. The number of carbonyl (C=O) groups is 2. The summed E-state index contributed by atoms with van der Waals surface area (Å²) in [5.74, 6) is -1.45. The number of hydrogen-bond donors (Lipinski definition) is 1. The minimum absolute atomic E-state index is 0.150. The first-order valence-electron chi connectivity index (χ1n) is 7.20. The monoisotopic (exact) mass is 299 g/mol. The zero-order valence-corrected chi connectivity index (χ0v) is 12.3. The van der Waals surface area contributed by atoms with Gasteiger partial charge in [0.05, 0.1) is 29.1 Å². The SMILES string of the molecule is Cc1c(C(=O)N2CC[C@@H](C(=O)O)C2)cnn1-c1ccccc1. The molecule has 1 saturated heterocycles. The molecule has 1 atom stereocenters. The molecule has 2 aromatic rings. The van der Waals surface area contributed by atoms with E-state index in [1.165, 1.54) is 0 Å². The lowest BCUT2D eigenvalue weighted by molar-refractivity contribution is -0.141. The molecule has 22 heavy (non-hydrogen) atoms. The second-order valence-electron chi connectivity index (χ2n) is 5.47. The Bertz CT molecular complexity index is 709. The number of hydrogen-bond acceptors (Lipinski definition) is 3. The third kappa shape index (κ3) is 2.47. The fourth-order valence-electron chi connectivity index (χ4n) is 2.77. The molecular weight excluding hydrogens is 282 g/mol. The Morgan fingerprint density at radius 2 is 2.00 bits per heavy atom. The normalized spacial score (nSPS) is 17.7. The quantitative estimate of drug-likeness (QED) is 0.936. The first-order chi connectivity index (χ1) is 10.6. The van der Waals surface area contributed by atoms with Gasteiger partial charge in [0.25, 0.3) is 5.91 Å². The molecule has 1 fully saturated rings. The Kier molecular flexibility index (Phi) is 3.66. The van der Waals surface area contributed by atoms with Crippen LogP contribution in [0, 0.1) is 12.8 Å². The van der Waals surface area contributed by atoms with Gasteiger partial charge in [0.1, 0.15) is 0 Å². The fourth-order valence-corrected chi connectivity index (χ4v) is 2.77. The molecule has 0 unspecified atom stereocenters. The van der Waals surface area contributed by atoms with Crippen LogP contribution in [0.25, 0.3) is 5.69 Å². The van der Waals surface area contributed by atoms with Gasteiger partial charge in [-0.3, -0.25) is 9.59 Å². The van der Waals surface area contributed by atoms with Crippen molar-refractivity contribution in [2.75, 3.05) is 13.1 Å². The standard InChI is InChI=1S/C16H17N3O3/c1-11-14(9-17-19(11)13-5-3-2-4-6-13)15(20)18-8-7-12(10-18)16(21)22/h2-6,9,12H,7-8,10H2,1H3,(H,21,22)/t12-/m1/s1. The molecule has 3 rings (SSSR count). The smallest absolute Gasteiger partial charge is 0.308 e. The van der Waals surface area contributed by atoms with Gasteiger partial charge in [-0.25, -0.2) is 4.68 Å². The van der Waals surface area contributed by atoms with Gasteiger partial charge in [-0.1, -0.05) is 18.2 Å². The fraction of sp³-hybridized carbons (Fsp3) is 0.312. The summed E-state index contributed by atoms with van der Waals surface area (Å²) >= 11 is 0. The van der Waals surface area contributed by atoms with Gasteiger partial charge in [0, 0.05) is 13.1 Å². The van der Waals surface area contributed by atoms with Gasteiger partial charge in [0.2, 0.25) is 0 Å². The van der Waals surface area contributed by atoms with Crippen LogP contribution in [0.3, 0.4) is 0 Å². The topological polar surface area (TPSA) is 75.4 Å². The molecule has 0 saturated carbocycles. The predicted octanol–water partition coefficient (Wildman–Crippen LogP) is 1.73. The van der Waals surface area contributed by atoms with E-state index in [2.05, 4.69) is 5.10 Å². The number of likely N-dealkylation sites (tertiary alicyclic amines) is 1. The summed E-state index contributed by atoms with van der Waals surface area (Å²) in [6, 6.07) is 9.59.